The SMILES string of the molecule is CC(C)(C)OC(=O)N(c1cccc(O)c1)C1CC1. The van der Waals surface area contributed by atoms with Crippen LogP contribution in [-0.4, -0.2) is 22.8 Å². The summed E-state index contributed by atoms with van der Waals surface area (Å²) in [6.45, 7) is 5.54. The Bertz CT molecular complexity index is 447. The molecule has 1 aliphatic rings. The number of aromatic hydroxyl groups is 1. The molecule has 1 saturated carbocycles. The molecule has 1 aromatic rings. The third-order valence-corrected chi connectivity index (χ3v) is 2.61. The highest BCUT2D eigenvalue weighted by Gasteiger charge is 2.36. The molecule has 2 rings (SSSR count). The van der Waals surface area contributed by atoms with Crippen LogP contribution in [-0.2, 0) is 4.74 Å². The maximum Gasteiger partial charge on any atom is 0.415 e. The van der Waals surface area contributed by atoms with Gasteiger partial charge in [-0.1, -0.05) is 6.07 Å². The second kappa shape index (κ2) is 4.52. The van der Waals surface area contributed by atoms with E-state index in [1.165, 1.54) is 0 Å². The number of phenols is 1. The summed E-state index contributed by atoms with van der Waals surface area (Å²) in [7, 11) is 0. The van der Waals surface area contributed by atoms with Gasteiger partial charge in [-0.3, -0.25) is 4.90 Å². The first-order valence-corrected chi connectivity index (χ1v) is 6.18. The predicted molar refractivity (Wildman–Crippen MR) is 69.8 cm³/mol. The molecular formula is C14H19NO3. The molecular weight excluding hydrogens is 230 g/mol. The first-order chi connectivity index (χ1) is 8.37. The molecule has 98 valence electrons. The molecule has 1 aromatic carbocycles. The molecule has 0 unspecified atom stereocenters. The Labute approximate surface area is 107 Å². The lowest BCUT2D eigenvalue weighted by atomic mass is 10.2. The second-order valence-electron chi connectivity index (χ2n) is 5.60. The van der Waals surface area contributed by atoms with Crippen LogP contribution in [0.5, 0.6) is 5.75 Å². The smallest absolute Gasteiger partial charge is 0.415 e. The summed E-state index contributed by atoms with van der Waals surface area (Å²) in [5, 5.41) is 9.50. The van der Waals surface area contributed by atoms with Gasteiger partial charge < -0.3 is 9.84 Å². The van der Waals surface area contributed by atoms with Crippen LogP contribution < -0.4 is 4.90 Å². The van der Waals surface area contributed by atoms with Gasteiger partial charge in [0, 0.05) is 12.1 Å². The maximum absolute atomic E-state index is 12.2. The minimum absolute atomic E-state index is 0.154. The van der Waals surface area contributed by atoms with Gasteiger partial charge in [-0.15, -0.1) is 0 Å². The van der Waals surface area contributed by atoms with Crippen LogP contribution in [0.2, 0.25) is 0 Å². The largest absolute Gasteiger partial charge is 0.508 e. The van der Waals surface area contributed by atoms with E-state index < -0.39 is 5.60 Å². The standard InChI is InChI=1S/C14H19NO3/c1-14(2,3)18-13(17)15(10-7-8-10)11-5-4-6-12(16)9-11/h4-6,9-10,16H,7-8H2,1-3H3. The number of carbonyl (C=O) groups excluding carboxylic acids is 1. The van der Waals surface area contributed by atoms with E-state index in [9.17, 15) is 9.90 Å². The first-order valence-electron chi connectivity index (χ1n) is 6.18. The van der Waals surface area contributed by atoms with Crippen molar-refractivity contribution >= 4 is 11.8 Å². The topological polar surface area (TPSA) is 49.8 Å². The Morgan fingerprint density at radius 1 is 1.39 bits per heavy atom. The summed E-state index contributed by atoms with van der Waals surface area (Å²) < 4.78 is 5.40. The number of hydrogen-bond donors (Lipinski definition) is 1. The van der Waals surface area contributed by atoms with E-state index in [1.807, 2.05) is 26.8 Å². The van der Waals surface area contributed by atoms with Gasteiger partial charge in [0.05, 0.1) is 5.69 Å². The minimum atomic E-state index is -0.513. The number of anilines is 1. The van der Waals surface area contributed by atoms with Crippen molar-refractivity contribution in [1.82, 2.24) is 0 Å². The average Bonchev–Trinajstić information content (AvgIpc) is 2.99. The highest BCUT2D eigenvalue weighted by Crippen LogP contribution is 2.34. The fraction of sp³-hybridized carbons (Fsp3) is 0.500. The quantitative estimate of drug-likeness (QED) is 0.874. The molecule has 0 aliphatic heterocycles. The number of hydrogen-bond acceptors (Lipinski definition) is 3. The van der Waals surface area contributed by atoms with Gasteiger partial charge >= 0.3 is 6.09 Å². The van der Waals surface area contributed by atoms with Gasteiger partial charge in [-0.25, -0.2) is 4.79 Å². The normalized spacial score (nSPS) is 15.3. The molecule has 1 aliphatic carbocycles. The predicted octanol–water partition coefficient (Wildman–Crippen LogP) is 3.30. The maximum atomic E-state index is 12.2. The fourth-order valence-electron chi connectivity index (χ4n) is 1.75. The Balaban J connectivity index is 2.21. The molecule has 4 nitrogen and oxygen atoms in total. The Morgan fingerprint density at radius 3 is 2.56 bits per heavy atom. The number of rotatable bonds is 2. The molecule has 0 bridgehead atoms. The van der Waals surface area contributed by atoms with Crippen molar-refractivity contribution in [3.63, 3.8) is 0 Å². The summed E-state index contributed by atoms with van der Waals surface area (Å²) in [5.74, 6) is 0.154. The van der Waals surface area contributed by atoms with E-state index >= 15 is 0 Å². The first kappa shape index (κ1) is 12.7. The van der Waals surface area contributed by atoms with Crippen LogP contribution >= 0.6 is 0 Å². The van der Waals surface area contributed by atoms with E-state index in [-0.39, 0.29) is 17.9 Å². The number of nitrogens with zero attached hydrogens (tertiary/aromatic N) is 1. The lowest BCUT2D eigenvalue weighted by Crippen LogP contribution is -2.38. The van der Waals surface area contributed by atoms with Crippen molar-refractivity contribution in [3.8, 4) is 5.75 Å². The zero-order valence-electron chi connectivity index (χ0n) is 11.0. The Hall–Kier alpha value is -1.71. The highest BCUT2D eigenvalue weighted by atomic mass is 16.6. The number of ether oxygens (including phenoxy) is 1. The number of amides is 1. The van der Waals surface area contributed by atoms with Crippen molar-refractivity contribution in [2.24, 2.45) is 0 Å². The lowest BCUT2D eigenvalue weighted by Gasteiger charge is -2.27. The van der Waals surface area contributed by atoms with Gasteiger partial charge in [0.15, 0.2) is 0 Å². The molecule has 1 fully saturated rings. The van der Waals surface area contributed by atoms with Crippen molar-refractivity contribution < 1.29 is 14.6 Å². The monoisotopic (exact) mass is 249 g/mol. The average molecular weight is 249 g/mol. The number of carbonyl (C=O) groups is 1. The fourth-order valence-corrected chi connectivity index (χ4v) is 1.75. The van der Waals surface area contributed by atoms with Gasteiger partial charge in [-0.2, -0.15) is 0 Å². The molecule has 0 aromatic heterocycles. The highest BCUT2D eigenvalue weighted by molar-refractivity contribution is 5.89. The summed E-state index contributed by atoms with van der Waals surface area (Å²) in [6.07, 6.45) is 1.61. The molecule has 1 N–H and O–H groups in total. The van der Waals surface area contributed by atoms with Crippen LogP contribution in [0.3, 0.4) is 0 Å². The molecule has 0 radical (unpaired) electrons. The third kappa shape index (κ3) is 3.15. The van der Waals surface area contributed by atoms with Crippen LogP contribution in [0.4, 0.5) is 10.5 Å². The molecule has 0 atom stereocenters. The zero-order chi connectivity index (χ0) is 13.3. The van der Waals surface area contributed by atoms with Gasteiger partial charge in [0.2, 0.25) is 0 Å². The van der Waals surface area contributed by atoms with Crippen LogP contribution in [0, 0.1) is 0 Å². The van der Waals surface area contributed by atoms with Gasteiger partial charge in [0.25, 0.3) is 0 Å². The van der Waals surface area contributed by atoms with Crippen molar-refractivity contribution in [3.05, 3.63) is 24.3 Å². The summed E-state index contributed by atoms with van der Waals surface area (Å²) >= 11 is 0. The zero-order valence-corrected chi connectivity index (χ0v) is 11.0. The van der Waals surface area contributed by atoms with Crippen molar-refractivity contribution in [1.29, 1.82) is 0 Å². The number of phenolic OH excluding ortho intramolecular Hbond substituents is 1. The van der Waals surface area contributed by atoms with E-state index in [4.69, 9.17) is 4.74 Å². The third-order valence-electron chi connectivity index (χ3n) is 2.61. The van der Waals surface area contributed by atoms with Crippen LogP contribution in [0.1, 0.15) is 33.6 Å². The molecule has 0 saturated heterocycles. The Kier molecular flexibility index (Phi) is 3.20. The summed E-state index contributed by atoms with van der Waals surface area (Å²) in [4.78, 5) is 13.8. The minimum Gasteiger partial charge on any atom is -0.508 e. The summed E-state index contributed by atoms with van der Waals surface area (Å²) in [6, 6.07) is 6.90. The second-order valence-corrected chi connectivity index (χ2v) is 5.60. The van der Waals surface area contributed by atoms with Gasteiger partial charge in [0.1, 0.15) is 11.4 Å². The molecule has 4 heteroatoms. The summed E-state index contributed by atoms with van der Waals surface area (Å²) in [5.41, 5.74) is 0.174. The molecule has 18 heavy (non-hydrogen) atoms. The molecule has 1 amide bonds. The molecule has 0 heterocycles. The van der Waals surface area contributed by atoms with E-state index in [1.54, 1.807) is 23.1 Å². The Morgan fingerprint density at radius 2 is 2.06 bits per heavy atom. The van der Waals surface area contributed by atoms with E-state index in [2.05, 4.69) is 0 Å². The van der Waals surface area contributed by atoms with Crippen molar-refractivity contribution in [2.45, 2.75) is 45.3 Å². The molecule has 0 spiro atoms. The lowest BCUT2D eigenvalue weighted by molar-refractivity contribution is 0.0578. The van der Waals surface area contributed by atoms with Crippen LogP contribution in [0.25, 0.3) is 0 Å². The number of benzene rings is 1. The van der Waals surface area contributed by atoms with Crippen molar-refractivity contribution in [2.75, 3.05) is 4.90 Å². The van der Waals surface area contributed by atoms with E-state index in [0.717, 1.165) is 12.8 Å². The van der Waals surface area contributed by atoms with Crippen LogP contribution in [0.15, 0.2) is 24.3 Å². The van der Waals surface area contributed by atoms with E-state index in [0.29, 0.717) is 5.69 Å². The van der Waals surface area contributed by atoms with Gasteiger partial charge in [-0.05, 0) is 45.7 Å².